The maximum absolute atomic E-state index is 13.5. The van der Waals surface area contributed by atoms with Crippen LogP contribution in [-0.4, -0.2) is 15.3 Å². The van der Waals surface area contributed by atoms with Crippen LogP contribution in [0.2, 0.25) is 0 Å². The van der Waals surface area contributed by atoms with Gasteiger partial charge >= 0.3 is 6.03 Å². The minimum Gasteiger partial charge on any atom is -0.385 e. The minimum atomic E-state index is -3.51. The maximum Gasteiger partial charge on any atom is 0.354 e. The lowest BCUT2D eigenvalue weighted by molar-refractivity contribution is 0.0831. The molecule has 34 heavy (non-hydrogen) atoms. The lowest BCUT2D eigenvalue weighted by atomic mass is 9.99. The van der Waals surface area contributed by atoms with Crippen molar-refractivity contribution in [3.63, 3.8) is 0 Å². The second-order valence-corrected chi connectivity index (χ2v) is 12.6. The van der Waals surface area contributed by atoms with Crippen LogP contribution in [0, 0.1) is 0 Å². The zero-order valence-electron chi connectivity index (χ0n) is 19.4. The van der Waals surface area contributed by atoms with Gasteiger partial charge in [-0.15, -0.1) is 15.7 Å². The summed E-state index contributed by atoms with van der Waals surface area (Å²) in [5.74, 6) is 0. The Morgan fingerprint density at radius 2 is 1.68 bits per heavy atom. The number of rotatable bonds is 4. The van der Waals surface area contributed by atoms with Gasteiger partial charge in [0.05, 0.1) is 5.60 Å². The topological polar surface area (TPSA) is 105 Å². The highest BCUT2D eigenvalue weighted by atomic mass is 32.2. The number of hydrogen-bond donors (Lipinski definition) is 3. The summed E-state index contributed by atoms with van der Waals surface area (Å²) in [5.41, 5.74) is 6.24. The van der Waals surface area contributed by atoms with Crippen molar-refractivity contribution in [3.8, 4) is 11.1 Å². The molecule has 178 valence electrons. The fourth-order valence-electron chi connectivity index (χ4n) is 5.06. The van der Waals surface area contributed by atoms with Crippen LogP contribution in [0.25, 0.3) is 11.1 Å². The van der Waals surface area contributed by atoms with E-state index >= 15 is 0 Å². The number of benzene rings is 2. The van der Waals surface area contributed by atoms with Crippen LogP contribution in [0.15, 0.2) is 51.0 Å². The Morgan fingerprint density at radius 1 is 1.06 bits per heavy atom. The van der Waals surface area contributed by atoms with E-state index in [4.69, 9.17) is 5.14 Å². The van der Waals surface area contributed by atoms with E-state index < -0.39 is 21.5 Å². The molecule has 0 bridgehead atoms. The predicted octanol–water partition coefficient (Wildman–Crippen LogP) is 5.55. The van der Waals surface area contributed by atoms with Gasteiger partial charge in [-0.25, -0.2) is 14.1 Å². The molecule has 1 aromatic heterocycles. The predicted molar refractivity (Wildman–Crippen MR) is 138 cm³/mol. The highest BCUT2D eigenvalue weighted by Gasteiger charge is 2.28. The lowest BCUT2D eigenvalue weighted by Gasteiger charge is -2.17. The summed E-state index contributed by atoms with van der Waals surface area (Å²) in [6.07, 6.45) is 6.04. The molecule has 1 unspecified atom stereocenters. The molecule has 0 fully saturated rings. The first-order valence-corrected chi connectivity index (χ1v) is 14.0. The summed E-state index contributed by atoms with van der Waals surface area (Å²) < 4.78 is 17.7. The van der Waals surface area contributed by atoms with Crippen molar-refractivity contribution in [2.75, 3.05) is 5.32 Å². The molecule has 3 aromatic rings. The van der Waals surface area contributed by atoms with Crippen LogP contribution in [-0.2, 0) is 41.2 Å². The number of aryl methyl sites for hydroxylation is 2. The van der Waals surface area contributed by atoms with E-state index in [1.807, 2.05) is 30.3 Å². The average molecular weight is 496 g/mol. The summed E-state index contributed by atoms with van der Waals surface area (Å²) in [7, 11) is -3.51. The number of nitrogens with one attached hydrogen (secondary N) is 1. The van der Waals surface area contributed by atoms with Crippen LogP contribution < -0.4 is 10.5 Å². The second-order valence-electron chi connectivity index (χ2n) is 9.56. The van der Waals surface area contributed by atoms with Crippen LogP contribution in [0.4, 0.5) is 10.5 Å². The Morgan fingerprint density at radius 3 is 2.26 bits per heavy atom. The number of carbonyl (C=O) groups is 1. The van der Waals surface area contributed by atoms with Gasteiger partial charge in [0.1, 0.15) is 4.21 Å². The number of urea groups is 1. The quantitative estimate of drug-likeness (QED) is 0.442. The van der Waals surface area contributed by atoms with Gasteiger partial charge in [0.25, 0.3) is 0 Å². The summed E-state index contributed by atoms with van der Waals surface area (Å²) >= 11 is 1.13. The number of aliphatic hydroxyl groups is 1. The zero-order chi connectivity index (χ0) is 24.1. The maximum atomic E-state index is 13.5. The first-order valence-electron chi connectivity index (χ1n) is 11.6. The van der Waals surface area contributed by atoms with E-state index in [2.05, 4.69) is 15.7 Å². The second kappa shape index (κ2) is 8.61. The number of nitrogens with zero attached hydrogens (tertiary/aromatic N) is 1. The number of carbonyl (C=O) groups excluding carboxylic acids is 1. The number of fused-ring (bicyclic) bond motifs is 2. The van der Waals surface area contributed by atoms with Crippen LogP contribution >= 0.6 is 11.3 Å². The molecular weight excluding hydrogens is 466 g/mol. The number of hydrogen-bond acceptors (Lipinski definition) is 4. The van der Waals surface area contributed by atoms with E-state index in [0.29, 0.717) is 4.88 Å². The smallest absolute Gasteiger partial charge is 0.354 e. The Hall–Kier alpha value is -2.52. The summed E-state index contributed by atoms with van der Waals surface area (Å²) in [6.45, 7) is 3.35. The van der Waals surface area contributed by atoms with Gasteiger partial charge in [-0.2, -0.15) is 0 Å². The highest BCUT2D eigenvalue weighted by molar-refractivity contribution is 7.93. The SMILES string of the molecule is CC(C)(O)c1sc(S(N)(=O)=NC(=O)Nc2c3c(cc4c2CCC4)CCC3)cc1-c1ccccc1. The van der Waals surface area contributed by atoms with E-state index in [1.165, 1.54) is 22.3 Å². The summed E-state index contributed by atoms with van der Waals surface area (Å²) in [6, 6.07) is 12.8. The van der Waals surface area contributed by atoms with Crippen LogP contribution in [0.1, 0.15) is 53.8 Å². The summed E-state index contributed by atoms with van der Waals surface area (Å²) in [4.78, 5) is 13.6. The van der Waals surface area contributed by atoms with Crippen molar-refractivity contribution in [2.45, 2.75) is 62.2 Å². The van der Waals surface area contributed by atoms with Gasteiger partial charge in [-0.1, -0.05) is 36.4 Å². The molecule has 8 heteroatoms. The third-order valence-corrected chi connectivity index (χ3v) is 9.90. The molecule has 2 aliphatic carbocycles. The van der Waals surface area contributed by atoms with E-state index in [0.717, 1.165) is 66.7 Å². The molecule has 0 radical (unpaired) electrons. The van der Waals surface area contributed by atoms with Gasteiger partial charge in [0.15, 0.2) is 9.92 Å². The Labute approximate surface area is 204 Å². The van der Waals surface area contributed by atoms with Crippen molar-refractivity contribution in [2.24, 2.45) is 9.50 Å². The fraction of sp³-hybridized carbons (Fsp3) is 0.346. The van der Waals surface area contributed by atoms with Crippen LogP contribution in [0.5, 0.6) is 0 Å². The lowest BCUT2D eigenvalue weighted by Crippen LogP contribution is -2.18. The minimum absolute atomic E-state index is 0.266. The molecule has 1 heterocycles. The van der Waals surface area contributed by atoms with Gasteiger partial charge in [-0.05, 0) is 91.8 Å². The highest BCUT2D eigenvalue weighted by Crippen LogP contribution is 2.41. The number of amides is 2. The largest absolute Gasteiger partial charge is 0.385 e. The van der Waals surface area contributed by atoms with Gasteiger partial charge < -0.3 is 10.4 Å². The van der Waals surface area contributed by atoms with Crippen LogP contribution in [0.3, 0.4) is 0 Å². The Balaban J connectivity index is 1.51. The Kier molecular flexibility index (Phi) is 5.88. The van der Waals surface area contributed by atoms with E-state index in [1.54, 1.807) is 19.9 Å². The molecule has 2 aliphatic rings. The molecule has 6 nitrogen and oxygen atoms in total. The zero-order valence-corrected chi connectivity index (χ0v) is 21.0. The van der Waals surface area contributed by atoms with E-state index in [9.17, 15) is 14.1 Å². The third kappa shape index (κ3) is 4.31. The molecule has 0 aliphatic heterocycles. The van der Waals surface area contributed by atoms with Crippen molar-refractivity contribution in [1.82, 2.24) is 0 Å². The molecule has 2 amide bonds. The molecule has 5 rings (SSSR count). The number of nitrogens with two attached hydrogens (primary N) is 1. The normalized spacial score (nSPS) is 16.6. The Bertz CT molecular complexity index is 1360. The first kappa shape index (κ1) is 23.2. The molecule has 4 N–H and O–H groups in total. The van der Waals surface area contributed by atoms with Gasteiger partial charge in [0.2, 0.25) is 0 Å². The molecule has 2 aromatic carbocycles. The number of anilines is 1. The monoisotopic (exact) mass is 495 g/mol. The molecular formula is C26H29N3O3S2. The third-order valence-electron chi connectivity index (χ3n) is 6.56. The molecule has 0 saturated heterocycles. The van der Waals surface area contributed by atoms with Crippen molar-refractivity contribution < 1.29 is 14.1 Å². The van der Waals surface area contributed by atoms with Crippen molar-refractivity contribution >= 4 is 33.0 Å². The summed E-state index contributed by atoms with van der Waals surface area (Å²) in [5, 5.41) is 19.8. The van der Waals surface area contributed by atoms with Crippen molar-refractivity contribution in [3.05, 3.63) is 69.6 Å². The molecule has 1 atom stereocenters. The first-order chi connectivity index (χ1) is 16.1. The van der Waals surface area contributed by atoms with E-state index in [-0.39, 0.29) is 4.21 Å². The number of thiophene rings is 1. The fourth-order valence-corrected chi connectivity index (χ4v) is 7.49. The van der Waals surface area contributed by atoms with Gasteiger partial charge in [-0.3, -0.25) is 0 Å². The molecule has 0 spiro atoms. The molecule has 0 saturated carbocycles. The average Bonchev–Trinajstić information content (AvgIpc) is 3.52. The van der Waals surface area contributed by atoms with Gasteiger partial charge in [0, 0.05) is 10.6 Å². The standard InChI is InChI=1S/C26H29N3O3S2/c1-26(2,31)24-21(16-8-4-3-5-9-16)15-22(33-24)34(27,32)29-25(30)28-23-19-12-6-10-17(19)14-18-11-7-13-20(18)23/h3-5,8-9,14-15,31H,6-7,10-13H2,1-2H3,(H3,27,28,29,30,32). The van der Waals surface area contributed by atoms with Crippen molar-refractivity contribution in [1.29, 1.82) is 0 Å².